The second-order valence-corrected chi connectivity index (χ2v) is 4.44. The van der Waals surface area contributed by atoms with Gasteiger partial charge in [0.1, 0.15) is 0 Å². The average Bonchev–Trinajstić information content (AvgIpc) is 3.07. The summed E-state index contributed by atoms with van der Waals surface area (Å²) < 4.78 is 0. The summed E-state index contributed by atoms with van der Waals surface area (Å²) in [6.45, 7) is 0. The van der Waals surface area contributed by atoms with E-state index in [1.807, 2.05) is 0 Å². The number of nitrogens with one attached hydrogen (secondary N) is 1. The zero-order valence-electron chi connectivity index (χ0n) is 8.41. The SMILES string of the molecule is O=C(N/N=C/c1cccc(Cl)c1Cl)C1CC1. The molecule has 1 aromatic carbocycles. The van der Waals surface area contributed by atoms with Crippen molar-refractivity contribution in [1.29, 1.82) is 0 Å². The molecule has 0 bridgehead atoms. The fourth-order valence-electron chi connectivity index (χ4n) is 1.22. The number of carbonyl (C=O) groups is 1. The molecular weight excluding hydrogens is 247 g/mol. The van der Waals surface area contributed by atoms with Gasteiger partial charge in [-0.3, -0.25) is 4.79 Å². The van der Waals surface area contributed by atoms with Gasteiger partial charge in [-0.05, 0) is 18.9 Å². The van der Waals surface area contributed by atoms with Gasteiger partial charge in [0, 0.05) is 11.5 Å². The summed E-state index contributed by atoms with van der Waals surface area (Å²) in [5.41, 5.74) is 3.15. The van der Waals surface area contributed by atoms with Crippen molar-refractivity contribution in [3.05, 3.63) is 33.8 Å². The van der Waals surface area contributed by atoms with Crippen LogP contribution in [0.2, 0.25) is 10.0 Å². The Bertz CT molecular complexity index is 442. The van der Waals surface area contributed by atoms with Crippen LogP contribution in [0.4, 0.5) is 0 Å². The number of rotatable bonds is 3. The predicted octanol–water partition coefficient (Wildman–Crippen LogP) is 2.85. The average molecular weight is 257 g/mol. The van der Waals surface area contributed by atoms with E-state index in [9.17, 15) is 4.79 Å². The lowest BCUT2D eigenvalue weighted by atomic mass is 10.2. The van der Waals surface area contributed by atoms with Gasteiger partial charge in [-0.2, -0.15) is 5.10 Å². The summed E-state index contributed by atoms with van der Waals surface area (Å²) >= 11 is 11.8. The summed E-state index contributed by atoms with van der Waals surface area (Å²) in [5, 5.41) is 4.75. The van der Waals surface area contributed by atoms with Crippen molar-refractivity contribution in [2.75, 3.05) is 0 Å². The molecule has 0 spiro atoms. The normalized spacial score (nSPS) is 15.4. The molecule has 0 aromatic heterocycles. The first kappa shape index (κ1) is 11.4. The quantitative estimate of drug-likeness (QED) is 0.656. The van der Waals surface area contributed by atoms with Crippen molar-refractivity contribution < 1.29 is 4.79 Å². The van der Waals surface area contributed by atoms with Crippen LogP contribution in [0.25, 0.3) is 0 Å². The number of hydrogen-bond acceptors (Lipinski definition) is 2. The summed E-state index contributed by atoms with van der Waals surface area (Å²) in [6, 6.07) is 5.25. The van der Waals surface area contributed by atoms with Crippen molar-refractivity contribution in [2.45, 2.75) is 12.8 Å². The summed E-state index contributed by atoms with van der Waals surface area (Å²) in [5.74, 6) is 0.112. The van der Waals surface area contributed by atoms with Gasteiger partial charge >= 0.3 is 0 Å². The van der Waals surface area contributed by atoms with Crippen LogP contribution in [0.15, 0.2) is 23.3 Å². The van der Waals surface area contributed by atoms with Gasteiger partial charge < -0.3 is 0 Å². The molecule has 0 radical (unpaired) electrons. The molecule has 0 aliphatic heterocycles. The maximum absolute atomic E-state index is 11.3. The first-order chi connectivity index (χ1) is 7.68. The lowest BCUT2D eigenvalue weighted by molar-refractivity contribution is -0.122. The van der Waals surface area contributed by atoms with E-state index in [0.29, 0.717) is 15.6 Å². The van der Waals surface area contributed by atoms with Gasteiger partial charge in [0.05, 0.1) is 16.3 Å². The molecule has 84 valence electrons. The number of halogens is 2. The molecule has 1 amide bonds. The van der Waals surface area contributed by atoms with E-state index in [1.54, 1.807) is 18.2 Å². The molecule has 5 heteroatoms. The fourth-order valence-corrected chi connectivity index (χ4v) is 1.58. The van der Waals surface area contributed by atoms with E-state index in [4.69, 9.17) is 23.2 Å². The van der Waals surface area contributed by atoms with Crippen molar-refractivity contribution in [2.24, 2.45) is 11.0 Å². The van der Waals surface area contributed by atoms with Crippen molar-refractivity contribution in [3.8, 4) is 0 Å². The zero-order chi connectivity index (χ0) is 11.5. The Balaban J connectivity index is 1.99. The lowest BCUT2D eigenvalue weighted by Gasteiger charge is -2.00. The minimum Gasteiger partial charge on any atom is -0.273 e. The maximum Gasteiger partial charge on any atom is 0.243 e. The van der Waals surface area contributed by atoms with Crippen LogP contribution in [0.3, 0.4) is 0 Å². The highest BCUT2D eigenvalue weighted by Crippen LogP contribution is 2.28. The van der Waals surface area contributed by atoms with E-state index in [-0.39, 0.29) is 11.8 Å². The zero-order valence-corrected chi connectivity index (χ0v) is 9.92. The number of carbonyl (C=O) groups excluding carboxylic acids is 1. The highest BCUT2D eigenvalue weighted by atomic mass is 35.5. The van der Waals surface area contributed by atoms with Crippen molar-refractivity contribution in [3.63, 3.8) is 0 Å². The van der Waals surface area contributed by atoms with Crippen LogP contribution in [0, 0.1) is 5.92 Å². The Kier molecular flexibility index (Phi) is 3.46. The third kappa shape index (κ3) is 2.74. The van der Waals surface area contributed by atoms with Gasteiger partial charge in [0.25, 0.3) is 0 Å². The largest absolute Gasteiger partial charge is 0.273 e. The number of amides is 1. The fraction of sp³-hybridized carbons (Fsp3) is 0.273. The number of hydrogen-bond donors (Lipinski definition) is 1. The van der Waals surface area contributed by atoms with Crippen LogP contribution in [-0.2, 0) is 4.79 Å². The molecule has 3 nitrogen and oxygen atoms in total. The molecule has 2 rings (SSSR count). The molecule has 0 unspecified atom stereocenters. The van der Waals surface area contributed by atoms with Crippen LogP contribution in [0.5, 0.6) is 0 Å². The van der Waals surface area contributed by atoms with Crippen LogP contribution in [-0.4, -0.2) is 12.1 Å². The Hall–Kier alpha value is -1.06. The molecule has 0 saturated heterocycles. The lowest BCUT2D eigenvalue weighted by Crippen LogP contribution is -2.18. The van der Waals surface area contributed by atoms with E-state index < -0.39 is 0 Å². The second kappa shape index (κ2) is 4.85. The van der Waals surface area contributed by atoms with E-state index in [1.165, 1.54) is 6.21 Å². The second-order valence-electron chi connectivity index (χ2n) is 3.65. The standard InChI is InChI=1S/C11H10Cl2N2O/c12-9-3-1-2-8(10(9)13)6-14-15-11(16)7-4-5-7/h1-3,6-7H,4-5H2,(H,15,16)/b14-6+. The monoisotopic (exact) mass is 256 g/mol. The van der Waals surface area contributed by atoms with E-state index >= 15 is 0 Å². The maximum atomic E-state index is 11.3. The molecular formula is C11H10Cl2N2O. The molecule has 1 fully saturated rings. The molecule has 1 N–H and O–H groups in total. The molecule has 0 atom stereocenters. The highest BCUT2D eigenvalue weighted by Gasteiger charge is 2.29. The predicted molar refractivity (Wildman–Crippen MR) is 64.9 cm³/mol. The summed E-state index contributed by atoms with van der Waals surface area (Å²) in [4.78, 5) is 11.3. The van der Waals surface area contributed by atoms with Gasteiger partial charge in [-0.15, -0.1) is 0 Å². The van der Waals surface area contributed by atoms with E-state index in [2.05, 4.69) is 10.5 Å². The number of nitrogens with zero attached hydrogens (tertiary/aromatic N) is 1. The highest BCUT2D eigenvalue weighted by molar-refractivity contribution is 6.43. The minimum atomic E-state index is -0.0330. The van der Waals surface area contributed by atoms with Crippen LogP contribution >= 0.6 is 23.2 Å². The van der Waals surface area contributed by atoms with Gasteiger partial charge in [0.15, 0.2) is 0 Å². The Labute approximate surface area is 103 Å². The smallest absolute Gasteiger partial charge is 0.243 e. The first-order valence-corrected chi connectivity index (χ1v) is 5.71. The van der Waals surface area contributed by atoms with Crippen molar-refractivity contribution in [1.82, 2.24) is 5.43 Å². The van der Waals surface area contributed by atoms with Gasteiger partial charge in [0.2, 0.25) is 5.91 Å². The minimum absolute atomic E-state index is 0.0330. The Morgan fingerprint density at radius 3 is 2.88 bits per heavy atom. The molecule has 1 saturated carbocycles. The van der Waals surface area contributed by atoms with Crippen LogP contribution in [0.1, 0.15) is 18.4 Å². The topological polar surface area (TPSA) is 41.5 Å². The van der Waals surface area contributed by atoms with Crippen LogP contribution < -0.4 is 5.43 Å². The molecule has 16 heavy (non-hydrogen) atoms. The molecule has 1 aliphatic carbocycles. The molecule has 0 heterocycles. The Morgan fingerprint density at radius 2 is 2.19 bits per heavy atom. The number of hydrazone groups is 1. The summed E-state index contributed by atoms with van der Waals surface area (Å²) in [7, 11) is 0. The van der Waals surface area contributed by atoms with E-state index in [0.717, 1.165) is 12.8 Å². The summed E-state index contributed by atoms with van der Waals surface area (Å²) in [6.07, 6.45) is 3.41. The first-order valence-electron chi connectivity index (χ1n) is 4.95. The Morgan fingerprint density at radius 1 is 1.44 bits per heavy atom. The number of benzene rings is 1. The third-order valence-electron chi connectivity index (χ3n) is 2.31. The van der Waals surface area contributed by atoms with Gasteiger partial charge in [-0.25, -0.2) is 5.43 Å². The van der Waals surface area contributed by atoms with Gasteiger partial charge in [-0.1, -0.05) is 35.3 Å². The molecule has 1 aromatic rings. The van der Waals surface area contributed by atoms with Crippen molar-refractivity contribution >= 4 is 35.3 Å². The molecule has 1 aliphatic rings. The third-order valence-corrected chi connectivity index (χ3v) is 3.14.